The lowest BCUT2D eigenvalue weighted by atomic mass is 10.0. The first-order valence-electron chi connectivity index (χ1n) is 10.0. The van der Waals surface area contributed by atoms with Gasteiger partial charge in [0.1, 0.15) is 6.54 Å². The Morgan fingerprint density at radius 3 is 2.79 bits per heavy atom. The number of nitrogens with zero attached hydrogens (tertiary/aromatic N) is 3. The minimum absolute atomic E-state index is 0.230. The second-order valence-electron chi connectivity index (χ2n) is 7.54. The lowest BCUT2D eigenvalue weighted by molar-refractivity contribution is -0.130. The van der Waals surface area contributed by atoms with E-state index in [4.69, 9.17) is 5.73 Å². The van der Waals surface area contributed by atoms with Gasteiger partial charge in [-0.25, -0.2) is 4.98 Å². The molecule has 29 heavy (non-hydrogen) atoms. The summed E-state index contributed by atoms with van der Waals surface area (Å²) in [7, 11) is 0. The number of fused-ring (bicyclic) bond motifs is 1. The second kappa shape index (κ2) is 8.55. The SMILES string of the molecule is CCC1=CC(c2ccc(C)c(C)c2)=IN1CC(=O)N1CCc2nc(N)sc2CC1. The molecule has 1 aromatic carbocycles. The quantitative estimate of drug-likeness (QED) is 0.488. The standard InChI is InChI=1S/C22H27IN4OS/c1-4-17-12-18(16-6-5-14(2)15(3)11-16)23-27(17)13-21(28)26-9-7-19-20(8-10-26)29-22(24)25-19/h5-6,11-12H,4,7-10,13H2,1-3H3,(H2,24,25). The average molecular weight is 522 g/mol. The highest BCUT2D eigenvalue weighted by Gasteiger charge is 2.25. The third-order valence-corrected chi connectivity index (χ3v) is 9.58. The number of hydrogen-bond donors (Lipinski definition) is 1. The van der Waals surface area contributed by atoms with Crippen molar-refractivity contribution in [1.29, 1.82) is 0 Å². The summed E-state index contributed by atoms with van der Waals surface area (Å²) in [6, 6.07) is 6.70. The molecule has 2 aliphatic rings. The molecule has 0 unspecified atom stereocenters. The van der Waals surface area contributed by atoms with Crippen molar-refractivity contribution in [2.24, 2.45) is 0 Å². The number of aromatic nitrogens is 1. The summed E-state index contributed by atoms with van der Waals surface area (Å²) in [6.45, 7) is 8.48. The number of carbonyl (C=O) groups is 1. The van der Waals surface area contributed by atoms with Crippen molar-refractivity contribution < 1.29 is 4.79 Å². The highest BCUT2D eigenvalue weighted by atomic mass is 127. The molecule has 0 fully saturated rings. The number of allylic oxidation sites excluding steroid dienone is 2. The zero-order valence-corrected chi connectivity index (χ0v) is 20.1. The van der Waals surface area contributed by atoms with E-state index in [2.05, 4.69) is 53.1 Å². The van der Waals surface area contributed by atoms with E-state index in [9.17, 15) is 4.79 Å². The van der Waals surface area contributed by atoms with E-state index in [1.807, 2.05) is 4.90 Å². The lowest BCUT2D eigenvalue weighted by Crippen LogP contribution is -2.38. The molecular weight excluding hydrogens is 495 g/mol. The number of thiazole rings is 1. The fourth-order valence-electron chi connectivity index (χ4n) is 3.68. The number of aryl methyl sites for hydroxylation is 2. The molecule has 0 atom stereocenters. The Bertz CT molecular complexity index is 985. The molecule has 3 heterocycles. The molecule has 0 aliphatic carbocycles. The molecule has 2 N–H and O–H groups in total. The molecule has 0 bridgehead atoms. The Morgan fingerprint density at radius 1 is 1.24 bits per heavy atom. The van der Waals surface area contributed by atoms with Gasteiger partial charge in [-0.1, -0.05) is 25.1 Å². The minimum Gasteiger partial charge on any atom is -0.375 e. The van der Waals surface area contributed by atoms with Gasteiger partial charge in [0.15, 0.2) is 5.13 Å². The van der Waals surface area contributed by atoms with Crippen LogP contribution < -0.4 is 5.73 Å². The van der Waals surface area contributed by atoms with Gasteiger partial charge in [0, 0.05) is 61.0 Å². The van der Waals surface area contributed by atoms with Crippen LogP contribution in [0.2, 0.25) is 0 Å². The molecule has 7 heteroatoms. The number of carbonyl (C=O) groups excluding carboxylic acids is 1. The van der Waals surface area contributed by atoms with Gasteiger partial charge in [-0.3, -0.25) is 4.79 Å². The molecule has 4 rings (SSSR count). The van der Waals surface area contributed by atoms with Crippen molar-refractivity contribution in [2.75, 3.05) is 25.4 Å². The van der Waals surface area contributed by atoms with Gasteiger partial charge < -0.3 is 13.7 Å². The highest BCUT2D eigenvalue weighted by molar-refractivity contribution is 14.2. The Hall–Kier alpha value is -1.74. The maximum Gasteiger partial charge on any atom is 0.242 e. The van der Waals surface area contributed by atoms with Gasteiger partial charge in [-0.2, -0.15) is 0 Å². The largest absolute Gasteiger partial charge is 0.375 e. The number of nitrogens with two attached hydrogens (primary N) is 1. The summed E-state index contributed by atoms with van der Waals surface area (Å²) >= 11 is 1.21. The maximum atomic E-state index is 13.1. The minimum atomic E-state index is -0.360. The molecule has 0 radical (unpaired) electrons. The Balaban J connectivity index is 1.46. The summed E-state index contributed by atoms with van der Waals surface area (Å²) in [5.74, 6) is 0.230. The summed E-state index contributed by atoms with van der Waals surface area (Å²) in [5.41, 5.74) is 12.2. The van der Waals surface area contributed by atoms with Gasteiger partial charge >= 0.3 is 0 Å². The van der Waals surface area contributed by atoms with E-state index < -0.39 is 0 Å². The van der Waals surface area contributed by atoms with Crippen LogP contribution in [0.3, 0.4) is 0 Å². The van der Waals surface area contributed by atoms with Crippen LogP contribution >= 0.6 is 32.3 Å². The first kappa shape index (κ1) is 20.5. The van der Waals surface area contributed by atoms with Crippen molar-refractivity contribution in [1.82, 2.24) is 13.0 Å². The van der Waals surface area contributed by atoms with E-state index >= 15 is 0 Å². The number of benzene rings is 1. The van der Waals surface area contributed by atoms with E-state index in [0.29, 0.717) is 11.7 Å². The van der Waals surface area contributed by atoms with E-state index in [0.717, 1.165) is 38.0 Å². The fraction of sp³-hybridized carbons (Fsp3) is 0.409. The predicted molar refractivity (Wildman–Crippen MR) is 130 cm³/mol. The van der Waals surface area contributed by atoms with Crippen molar-refractivity contribution in [3.63, 3.8) is 0 Å². The van der Waals surface area contributed by atoms with E-state index in [1.165, 1.54) is 30.8 Å². The van der Waals surface area contributed by atoms with Gasteiger partial charge in [-0.15, -0.1) is 11.3 Å². The normalized spacial score (nSPS) is 16.7. The van der Waals surface area contributed by atoms with Crippen LogP contribution in [0.15, 0.2) is 30.0 Å². The predicted octanol–water partition coefficient (Wildman–Crippen LogP) is 3.99. The Labute approximate surface area is 186 Å². The van der Waals surface area contributed by atoms with E-state index in [1.54, 1.807) is 11.3 Å². The molecule has 0 saturated heterocycles. The fourth-order valence-corrected chi connectivity index (χ4v) is 7.54. The summed E-state index contributed by atoms with van der Waals surface area (Å²) < 4.78 is 3.76. The number of amides is 1. The van der Waals surface area contributed by atoms with E-state index in [-0.39, 0.29) is 26.9 Å². The number of nitrogen functional groups attached to an aromatic ring is 1. The van der Waals surface area contributed by atoms with Gasteiger partial charge in [0.2, 0.25) is 5.91 Å². The number of anilines is 1. The van der Waals surface area contributed by atoms with Crippen molar-refractivity contribution >= 4 is 46.9 Å². The molecular formula is C22H27IN4OS. The van der Waals surface area contributed by atoms with Crippen LogP contribution in [0.4, 0.5) is 5.13 Å². The number of hydrogen-bond acceptors (Lipinski definition) is 5. The molecule has 154 valence electrons. The molecule has 1 aromatic heterocycles. The molecule has 0 spiro atoms. The van der Waals surface area contributed by atoms with Crippen molar-refractivity contribution in [2.45, 2.75) is 40.0 Å². The highest BCUT2D eigenvalue weighted by Crippen LogP contribution is 2.31. The van der Waals surface area contributed by atoms with Gasteiger partial charge in [0.05, 0.1) is 5.69 Å². The smallest absolute Gasteiger partial charge is 0.242 e. The first-order chi connectivity index (χ1) is 13.9. The van der Waals surface area contributed by atoms with Crippen LogP contribution in [-0.4, -0.2) is 42.0 Å². The zero-order chi connectivity index (χ0) is 20.5. The Kier molecular flexibility index (Phi) is 6.06. The van der Waals surface area contributed by atoms with Crippen LogP contribution in [0, 0.1) is 13.8 Å². The average Bonchev–Trinajstić information content (AvgIpc) is 3.20. The molecule has 1 amide bonds. The topological polar surface area (TPSA) is 62.5 Å². The summed E-state index contributed by atoms with van der Waals surface area (Å²) in [5, 5.41) is 0.642. The van der Waals surface area contributed by atoms with Gasteiger partial charge in [-0.05, 0) is 43.0 Å². The lowest BCUT2D eigenvalue weighted by Gasteiger charge is -2.24. The third kappa shape index (κ3) is 4.40. The third-order valence-electron chi connectivity index (χ3n) is 5.59. The number of halogens is 1. The number of rotatable bonds is 4. The van der Waals surface area contributed by atoms with Gasteiger partial charge in [0.25, 0.3) is 0 Å². The van der Waals surface area contributed by atoms with Crippen LogP contribution in [0.25, 0.3) is 0 Å². The summed E-state index contributed by atoms with van der Waals surface area (Å²) in [6.07, 6.45) is 4.95. The van der Waals surface area contributed by atoms with Crippen LogP contribution in [-0.2, 0) is 17.6 Å². The molecule has 2 aliphatic heterocycles. The molecule has 5 nitrogen and oxygen atoms in total. The molecule has 2 aromatic rings. The van der Waals surface area contributed by atoms with Crippen LogP contribution in [0.5, 0.6) is 0 Å². The Morgan fingerprint density at radius 2 is 2.03 bits per heavy atom. The summed E-state index contributed by atoms with van der Waals surface area (Å²) in [4.78, 5) is 20.8. The monoisotopic (exact) mass is 522 g/mol. The zero-order valence-electron chi connectivity index (χ0n) is 17.2. The van der Waals surface area contributed by atoms with Crippen LogP contribution in [0.1, 0.15) is 40.6 Å². The second-order valence-corrected chi connectivity index (χ2v) is 11.5. The van der Waals surface area contributed by atoms with Crippen molar-refractivity contribution in [3.05, 3.63) is 57.2 Å². The first-order valence-corrected chi connectivity index (χ1v) is 12.9. The maximum absolute atomic E-state index is 13.1. The van der Waals surface area contributed by atoms with Crippen molar-refractivity contribution in [3.8, 4) is 0 Å². The molecule has 0 saturated carbocycles.